The highest BCUT2D eigenvalue weighted by atomic mass is 16.5. The fourth-order valence-electron chi connectivity index (χ4n) is 3.18. The summed E-state index contributed by atoms with van der Waals surface area (Å²) in [6.45, 7) is 7.53. The van der Waals surface area contributed by atoms with Crippen LogP contribution in [0.25, 0.3) is 0 Å². The van der Waals surface area contributed by atoms with E-state index in [-0.39, 0.29) is 5.41 Å². The molecule has 1 saturated carbocycles. The van der Waals surface area contributed by atoms with Crippen LogP contribution < -0.4 is 5.32 Å². The summed E-state index contributed by atoms with van der Waals surface area (Å²) in [5.41, 5.74) is 0.195. The number of rotatable bonds is 4. The van der Waals surface area contributed by atoms with Gasteiger partial charge in [0.25, 0.3) is 0 Å². The molecule has 0 radical (unpaired) electrons. The van der Waals surface area contributed by atoms with Gasteiger partial charge >= 0.3 is 0 Å². The molecule has 0 spiro atoms. The van der Waals surface area contributed by atoms with E-state index < -0.39 is 0 Å². The second kappa shape index (κ2) is 4.22. The molecular formula is C13H21NO2. The lowest BCUT2D eigenvalue weighted by atomic mass is 9.58. The Morgan fingerprint density at radius 2 is 2.25 bits per heavy atom. The topological polar surface area (TPSA) is 34.4 Å². The molecule has 2 rings (SSSR count). The van der Waals surface area contributed by atoms with Crippen molar-refractivity contribution in [1.29, 1.82) is 0 Å². The second-order valence-electron chi connectivity index (χ2n) is 5.27. The van der Waals surface area contributed by atoms with Crippen LogP contribution in [-0.2, 0) is 11.3 Å². The number of furan rings is 1. The lowest BCUT2D eigenvalue weighted by Gasteiger charge is -2.56. The van der Waals surface area contributed by atoms with E-state index in [2.05, 4.69) is 26.1 Å². The Kier molecular flexibility index (Phi) is 3.08. The van der Waals surface area contributed by atoms with E-state index in [4.69, 9.17) is 9.15 Å². The monoisotopic (exact) mass is 223 g/mol. The van der Waals surface area contributed by atoms with Gasteiger partial charge in [-0.3, -0.25) is 0 Å². The van der Waals surface area contributed by atoms with Crippen LogP contribution in [0.3, 0.4) is 0 Å². The molecule has 1 aromatic rings. The van der Waals surface area contributed by atoms with Crippen LogP contribution in [-0.4, -0.2) is 19.3 Å². The quantitative estimate of drug-likeness (QED) is 0.851. The summed E-state index contributed by atoms with van der Waals surface area (Å²) in [6, 6.07) is 4.41. The summed E-state index contributed by atoms with van der Waals surface area (Å²) < 4.78 is 10.8. The van der Waals surface area contributed by atoms with Crippen molar-refractivity contribution in [3.63, 3.8) is 0 Å². The van der Waals surface area contributed by atoms with Gasteiger partial charge in [-0.1, -0.05) is 20.8 Å². The third-order valence-electron chi connectivity index (χ3n) is 3.87. The van der Waals surface area contributed by atoms with E-state index in [0.717, 1.165) is 12.3 Å². The van der Waals surface area contributed by atoms with Crippen molar-refractivity contribution in [3.05, 3.63) is 24.2 Å². The Morgan fingerprint density at radius 1 is 1.50 bits per heavy atom. The third kappa shape index (κ3) is 1.78. The van der Waals surface area contributed by atoms with Crippen molar-refractivity contribution in [2.45, 2.75) is 39.5 Å². The lowest BCUT2D eigenvalue weighted by Crippen LogP contribution is -2.66. The van der Waals surface area contributed by atoms with Gasteiger partial charge in [-0.15, -0.1) is 0 Å². The highest BCUT2D eigenvalue weighted by Crippen LogP contribution is 2.46. The van der Waals surface area contributed by atoms with Crippen LogP contribution in [0.5, 0.6) is 0 Å². The molecule has 0 aromatic carbocycles. The summed E-state index contributed by atoms with van der Waals surface area (Å²) in [5, 5.41) is 3.55. The van der Waals surface area contributed by atoms with Crippen molar-refractivity contribution < 1.29 is 9.15 Å². The molecule has 3 nitrogen and oxygen atoms in total. The zero-order valence-corrected chi connectivity index (χ0v) is 10.5. The van der Waals surface area contributed by atoms with Crippen LogP contribution in [0.15, 0.2) is 22.8 Å². The number of nitrogens with one attached hydrogen (secondary N) is 1. The van der Waals surface area contributed by atoms with E-state index in [1.54, 1.807) is 13.4 Å². The van der Waals surface area contributed by atoms with Crippen LogP contribution in [0, 0.1) is 11.3 Å². The third-order valence-corrected chi connectivity index (χ3v) is 3.87. The normalized spacial score (nSPS) is 32.4. The maximum atomic E-state index is 5.52. The Hall–Kier alpha value is -0.800. The molecule has 0 aliphatic heterocycles. The Bertz CT molecular complexity index is 332. The molecular weight excluding hydrogens is 202 g/mol. The predicted molar refractivity (Wildman–Crippen MR) is 63.1 cm³/mol. The first-order valence-electron chi connectivity index (χ1n) is 5.86. The molecule has 3 atom stereocenters. The smallest absolute Gasteiger partial charge is 0.117 e. The number of methoxy groups -OCH3 is 1. The minimum atomic E-state index is 0.195. The molecule has 1 fully saturated rings. The van der Waals surface area contributed by atoms with Gasteiger partial charge in [0, 0.05) is 18.6 Å². The molecule has 0 bridgehead atoms. The van der Waals surface area contributed by atoms with E-state index in [0.29, 0.717) is 18.1 Å². The van der Waals surface area contributed by atoms with Crippen molar-refractivity contribution in [1.82, 2.24) is 5.32 Å². The van der Waals surface area contributed by atoms with Crippen LogP contribution in [0.2, 0.25) is 0 Å². The highest BCUT2D eigenvalue weighted by molar-refractivity contribution is 5.08. The maximum Gasteiger partial charge on any atom is 0.117 e. The van der Waals surface area contributed by atoms with Gasteiger partial charge in [0.2, 0.25) is 0 Å². The van der Waals surface area contributed by atoms with Gasteiger partial charge in [0.15, 0.2) is 0 Å². The van der Waals surface area contributed by atoms with Gasteiger partial charge in [-0.25, -0.2) is 0 Å². The molecule has 1 heterocycles. The van der Waals surface area contributed by atoms with E-state index in [1.165, 1.54) is 0 Å². The molecule has 0 amide bonds. The van der Waals surface area contributed by atoms with Crippen molar-refractivity contribution in [2.75, 3.05) is 7.11 Å². The maximum absolute atomic E-state index is 5.52. The summed E-state index contributed by atoms with van der Waals surface area (Å²) in [7, 11) is 1.80. The Balaban J connectivity index is 1.91. The minimum Gasteiger partial charge on any atom is -0.468 e. The Labute approximate surface area is 97.2 Å². The average Bonchev–Trinajstić information content (AvgIpc) is 2.70. The van der Waals surface area contributed by atoms with Crippen molar-refractivity contribution in [2.24, 2.45) is 11.3 Å². The molecule has 90 valence electrons. The van der Waals surface area contributed by atoms with Gasteiger partial charge in [0.05, 0.1) is 18.9 Å². The van der Waals surface area contributed by atoms with Crippen LogP contribution in [0.4, 0.5) is 0 Å². The van der Waals surface area contributed by atoms with Gasteiger partial charge in [0.1, 0.15) is 5.76 Å². The molecule has 1 aliphatic carbocycles. The first-order valence-corrected chi connectivity index (χ1v) is 5.86. The van der Waals surface area contributed by atoms with Crippen molar-refractivity contribution >= 4 is 0 Å². The SMILES string of the molecule is CO[C@@H]1[C@@H](C)[C@@H](NCc2ccco2)C1(C)C. The average molecular weight is 223 g/mol. The highest BCUT2D eigenvalue weighted by Gasteiger charge is 2.54. The van der Waals surface area contributed by atoms with Crippen LogP contribution in [0.1, 0.15) is 26.5 Å². The van der Waals surface area contributed by atoms with E-state index >= 15 is 0 Å². The van der Waals surface area contributed by atoms with Gasteiger partial charge in [-0.05, 0) is 18.1 Å². The van der Waals surface area contributed by atoms with Gasteiger partial charge < -0.3 is 14.5 Å². The number of hydrogen-bond acceptors (Lipinski definition) is 3. The second-order valence-corrected chi connectivity index (χ2v) is 5.27. The fourth-order valence-corrected chi connectivity index (χ4v) is 3.18. The number of ether oxygens (including phenoxy) is 1. The predicted octanol–water partition coefficient (Wildman–Crippen LogP) is 2.43. The summed E-state index contributed by atoms with van der Waals surface area (Å²) >= 11 is 0. The van der Waals surface area contributed by atoms with E-state index in [1.807, 2.05) is 12.1 Å². The summed E-state index contributed by atoms with van der Waals surface area (Å²) in [4.78, 5) is 0. The standard InChI is InChI=1S/C13H21NO2/c1-9-11(13(2,3)12(9)15-4)14-8-10-6-5-7-16-10/h5-7,9,11-12,14H,8H2,1-4H3/t9-,11+,12+/m0/s1. The zero-order chi connectivity index (χ0) is 11.8. The number of hydrogen-bond donors (Lipinski definition) is 1. The molecule has 1 aromatic heterocycles. The molecule has 1 N–H and O–H groups in total. The first-order chi connectivity index (χ1) is 7.57. The molecule has 1 aliphatic rings. The van der Waals surface area contributed by atoms with Crippen molar-refractivity contribution in [3.8, 4) is 0 Å². The molecule has 3 heteroatoms. The fraction of sp³-hybridized carbons (Fsp3) is 0.692. The molecule has 0 unspecified atom stereocenters. The van der Waals surface area contributed by atoms with Crippen LogP contribution >= 0.6 is 0 Å². The van der Waals surface area contributed by atoms with E-state index in [9.17, 15) is 0 Å². The largest absolute Gasteiger partial charge is 0.468 e. The molecule has 16 heavy (non-hydrogen) atoms. The lowest BCUT2D eigenvalue weighted by molar-refractivity contribution is -0.145. The first kappa shape index (κ1) is 11.7. The summed E-state index contributed by atoms with van der Waals surface area (Å²) in [5.74, 6) is 1.54. The van der Waals surface area contributed by atoms with Gasteiger partial charge in [-0.2, -0.15) is 0 Å². The molecule has 0 saturated heterocycles. The minimum absolute atomic E-state index is 0.195. The Morgan fingerprint density at radius 3 is 2.75 bits per heavy atom. The zero-order valence-electron chi connectivity index (χ0n) is 10.5. The summed E-state index contributed by atoms with van der Waals surface area (Å²) in [6.07, 6.45) is 2.06.